The number of anilines is 1. The van der Waals surface area contributed by atoms with Gasteiger partial charge in [-0.2, -0.15) is 0 Å². The Kier molecular flexibility index (Phi) is 4.95. The third-order valence-corrected chi connectivity index (χ3v) is 5.57. The molecule has 28 heavy (non-hydrogen) atoms. The van der Waals surface area contributed by atoms with E-state index in [1.807, 2.05) is 4.90 Å². The summed E-state index contributed by atoms with van der Waals surface area (Å²) >= 11 is 1.36. The molecule has 0 bridgehead atoms. The van der Waals surface area contributed by atoms with Crippen LogP contribution in [0.25, 0.3) is 10.8 Å². The van der Waals surface area contributed by atoms with Gasteiger partial charge in [-0.05, 0) is 37.3 Å². The van der Waals surface area contributed by atoms with E-state index in [9.17, 15) is 14.0 Å². The summed E-state index contributed by atoms with van der Waals surface area (Å²) in [6.07, 6.45) is 1.57. The van der Waals surface area contributed by atoms with Gasteiger partial charge in [-0.3, -0.25) is 9.59 Å². The molecular weight excluding hydrogens is 381 g/mol. The van der Waals surface area contributed by atoms with Crippen LogP contribution in [0.4, 0.5) is 10.1 Å². The van der Waals surface area contributed by atoms with Crippen LogP contribution in [0.3, 0.4) is 0 Å². The molecule has 1 aliphatic rings. The van der Waals surface area contributed by atoms with E-state index in [4.69, 9.17) is 4.42 Å². The first kappa shape index (κ1) is 18.4. The number of piperazine rings is 1. The van der Waals surface area contributed by atoms with E-state index in [0.29, 0.717) is 53.9 Å². The summed E-state index contributed by atoms with van der Waals surface area (Å²) in [6.45, 7) is 3.38. The molecule has 0 radical (unpaired) electrons. The lowest BCUT2D eigenvalue weighted by molar-refractivity contribution is 0.0741. The molecule has 1 saturated heterocycles. The summed E-state index contributed by atoms with van der Waals surface area (Å²) in [5.74, 6) is -0.0902. The molecule has 0 aliphatic carbocycles. The fourth-order valence-electron chi connectivity index (χ4n) is 3.18. The van der Waals surface area contributed by atoms with Crippen molar-refractivity contribution in [3.8, 4) is 10.8 Å². The van der Waals surface area contributed by atoms with Crippen molar-refractivity contribution < 1.29 is 18.4 Å². The fourth-order valence-corrected chi connectivity index (χ4v) is 3.94. The largest absolute Gasteiger partial charge is 0.462 e. The van der Waals surface area contributed by atoms with Gasteiger partial charge in [-0.1, -0.05) is 0 Å². The molecule has 0 N–H and O–H groups in total. The van der Waals surface area contributed by atoms with E-state index < -0.39 is 5.82 Å². The minimum absolute atomic E-state index is 0.138. The molecule has 144 valence electrons. The third-order valence-electron chi connectivity index (χ3n) is 4.72. The lowest BCUT2D eigenvalue weighted by Crippen LogP contribution is -2.49. The Morgan fingerprint density at radius 3 is 2.61 bits per heavy atom. The minimum Gasteiger partial charge on any atom is -0.462 e. The molecule has 1 fully saturated rings. The number of thiazole rings is 1. The smallest absolute Gasteiger partial charge is 0.273 e. The van der Waals surface area contributed by atoms with E-state index in [1.165, 1.54) is 24.3 Å². The van der Waals surface area contributed by atoms with E-state index in [-0.39, 0.29) is 11.7 Å². The first-order valence-electron chi connectivity index (χ1n) is 8.87. The Labute approximate surface area is 165 Å². The summed E-state index contributed by atoms with van der Waals surface area (Å²) in [6, 6.07) is 8.10. The van der Waals surface area contributed by atoms with Crippen LogP contribution in [0.5, 0.6) is 0 Å². The van der Waals surface area contributed by atoms with Crippen LogP contribution in [0.1, 0.15) is 27.8 Å². The number of hydrogen-bond acceptors (Lipinski definition) is 6. The number of furan rings is 1. The third kappa shape index (κ3) is 3.55. The number of rotatable bonds is 4. The van der Waals surface area contributed by atoms with Crippen LogP contribution in [-0.4, -0.2) is 47.8 Å². The Bertz CT molecular complexity index is 1010. The van der Waals surface area contributed by atoms with Gasteiger partial charge in [0.2, 0.25) is 0 Å². The molecule has 0 spiro atoms. The highest BCUT2D eigenvalue weighted by atomic mass is 32.1. The number of benzene rings is 1. The second kappa shape index (κ2) is 7.55. The van der Waals surface area contributed by atoms with Crippen molar-refractivity contribution >= 4 is 28.7 Å². The molecule has 4 rings (SSSR count). The van der Waals surface area contributed by atoms with Gasteiger partial charge >= 0.3 is 0 Å². The van der Waals surface area contributed by atoms with Crippen molar-refractivity contribution in [3.63, 3.8) is 0 Å². The summed E-state index contributed by atoms with van der Waals surface area (Å²) in [4.78, 5) is 32.1. The molecular formula is C20H18FN3O3S. The Hall–Kier alpha value is -3.00. The van der Waals surface area contributed by atoms with Crippen LogP contribution in [0, 0.1) is 5.82 Å². The SMILES string of the molecule is CC(=O)c1ccc(N2CCN(C(=O)c3csc(-c4ccco4)n3)CC2)c(F)c1. The van der Waals surface area contributed by atoms with Crippen LogP contribution >= 0.6 is 11.3 Å². The van der Waals surface area contributed by atoms with Crippen molar-refractivity contribution in [2.45, 2.75) is 6.92 Å². The summed E-state index contributed by atoms with van der Waals surface area (Å²) in [7, 11) is 0. The lowest BCUT2D eigenvalue weighted by Gasteiger charge is -2.36. The van der Waals surface area contributed by atoms with Gasteiger partial charge < -0.3 is 14.2 Å². The van der Waals surface area contributed by atoms with Gasteiger partial charge in [-0.25, -0.2) is 9.37 Å². The van der Waals surface area contributed by atoms with E-state index >= 15 is 0 Å². The maximum absolute atomic E-state index is 14.4. The number of carbonyl (C=O) groups excluding carboxylic acids is 2. The number of carbonyl (C=O) groups is 2. The first-order chi connectivity index (χ1) is 13.5. The number of amides is 1. The predicted molar refractivity (Wildman–Crippen MR) is 104 cm³/mol. The summed E-state index contributed by atoms with van der Waals surface area (Å²) in [5, 5.41) is 2.40. The Morgan fingerprint density at radius 1 is 1.18 bits per heavy atom. The maximum Gasteiger partial charge on any atom is 0.273 e. The summed E-state index contributed by atoms with van der Waals surface area (Å²) in [5.41, 5.74) is 1.19. The van der Waals surface area contributed by atoms with Crippen molar-refractivity contribution in [1.29, 1.82) is 0 Å². The average molecular weight is 399 g/mol. The van der Waals surface area contributed by atoms with Crippen molar-refractivity contribution in [2.24, 2.45) is 0 Å². The number of ketones is 1. The fraction of sp³-hybridized carbons (Fsp3) is 0.250. The highest BCUT2D eigenvalue weighted by Gasteiger charge is 2.25. The van der Waals surface area contributed by atoms with Crippen molar-refractivity contribution in [1.82, 2.24) is 9.88 Å². The monoisotopic (exact) mass is 399 g/mol. The number of halogens is 1. The standard InChI is InChI=1S/C20H18FN3O3S/c1-13(25)14-4-5-17(15(21)11-14)23-6-8-24(9-7-23)20(26)16-12-28-19(22-16)18-3-2-10-27-18/h2-5,10-12H,6-9H2,1H3. The zero-order valence-electron chi connectivity index (χ0n) is 15.2. The van der Waals surface area contributed by atoms with Gasteiger partial charge in [0.25, 0.3) is 5.91 Å². The normalized spacial score (nSPS) is 14.4. The van der Waals surface area contributed by atoms with Gasteiger partial charge in [0.05, 0.1) is 12.0 Å². The van der Waals surface area contributed by atoms with Crippen LogP contribution < -0.4 is 4.90 Å². The molecule has 1 amide bonds. The molecule has 8 heteroatoms. The number of nitrogens with zero attached hydrogens (tertiary/aromatic N) is 3. The Morgan fingerprint density at radius 2 is 1.96 bits per heavy atom. The zero-order valence-corrected chi connectivity index (χ0v) is 16.0. The van der Waals surface area contributed by atoms with Gasteiger partial charge in [0.1, 0.15) is 11.5 Å². The molecule has 3 heterocycles. The number of hydrogen-bond donors (Lipinski definition) is 0. The van der Waals surface area contributed by atoms with Gasteiger partial charge in [0.15, 0.2) is 16.6 Å². The van der Waals surface area contributed by atoms with Crippen LogP contribution in [-0.2, 0) is 0 Å². The average Bonchev–Trinajstić information content (AvgIpc) is 3.39. The molecule has 0 atom stereocenters. The molecule has 1 aromatic carbocycles. The molecule has 6 nitrogen and oxygen atoms in total. The highest BCUT2D eigenvalue weighted by molar-refractivity contribution is 7.13. The van der Waals surface area contributed by atoms with Gasteiger partial charge in [-0.15, -0.1) is 11.3 Å². The second-order valence-electron chi connectivity index (χ2n) is 6.52. The maximum atomic E-state index is 14.4. The van der Waals surface area contributed by atoms with E-state index in [1.54, 1.807) is 40.8 Å². The lowest BCUT2D eigenvalue weighted by atomic mass is 10.1. The van der Waals surface area contributed by atoms with Gasteiger partial charge in [0, 0.05) is 37.1 Å². The van der Waals surface area contributed by atoms with E-state index in [2.05, 4.69) is 4.98 Å². The Balaban J connectivity index is 1.41. The summed E-state index contributed by atoms with van der Waals surface area (Å²) < 4.78 is 19.7. The highest BCUT2D eigenvalue weighted by Crippen LogP contribution is 2.26. The molecule has 0 saturated carbocycles. The topological polar surface area (TPSA) is 66.7 Å². The molecule has 3 aromatic rings. The van der Waals surface area contributed by atoms with Crippen molar-refractivity contribution in [3.05, 3.63) is 59.0 Å². The second-order valence-corrected chi connectivity index (χ2v) is 7.37. The first-order valence-corrected chi connectivity index (χ1v) is 9.75. The molecule has 2 aromatic heterocycles. The number of aromatic nitrogens is 1. The van der Waals surface area contributed by atoms with Crippen LogP contribution in [0.2, 0.25) is 0 Å². The minimum atomic E-state index is -0.421. The van der Waals surface area contributed by atoms with Crippen LogP contribution in [0.15, 0.2) is 46.4 Å². The van der Waals surface area contributed by atoms with Crippen molar-refractivity contribution in [2.75, 3.05) is 31.1 Å². The molecule has 1 aliphatic heterocycles. The van der Waals surface area contributed by atoms with E-state index in [0.717, 1.165) is 0 Å². The zero-order chi connectivity index (χ0) is 19.7. The predicted octanol–water partition coefficient (Wildman–Crippen LogP) is 3.71. The quantitative estimate of drug-likeness (QED) is 0.626. The number of Topliss-reactive ketones (excluding diaryl/α,β-unsaturated/α-hetero) is 1. The molecule has 0 unspecified atom stereocenters.